The van der Waals surface area contributed by atoms with Gasteiger partial charge in [-0.25, -0.2) is 10.9 Å². The zero-order chi connectivity index (χ0) is 16.2. The van der Waals surface area contributed by atoms with Gasteiger partial charge in [0.15, 0.2) is 5.66 Å². The molecule has 0 unspecified atom stereocenters. The molecule has 5 nitrogen and oxygen atoms in total. The highest BCUT2D eigenvalue weighted by Crippen LogP contribution is 2.54. The molecule has 1 saturated heterocycles. The van der Waals surface area contributed by atoms with E-state index in [4.69, 9.17) is 5.84 Å². The zero-order valence-electron chi connectivity index (χ0n) is 13.2. The first-order valence-corrected chi connectivity index (χ1v) is 8.24. The Morgan fingerprint density at radius 2 is 1.83 bits per heavy atom. The number of nitrogens with two attached hydrogens (primary N) is 1. The summed E-state index contributed by atoms with van der Waals surface area (Å²) in [5.74, 6) is 6.12. The number of nitrogens with zero attached hydrogens (tertiary/aromatic N) is 2. The Hall–Kier alpha value is -2.14. The summed E-state index contributed by atoms with van der Waals surface area (Å²) in [6, 6.07) is 8.02. The van der Waals surface area contributed by atoms with Gasteiger partial charge in [0, 0.05) is 29.7 Å². The van der Waals surface area contributed by atoms with E-state index in [0.717, 1.165) is 36.8 Å². The minimum absolute atomic E-state index is 0.0466. The summed E-state index contributed by atoms with van der Waals surface area (Å²) in [5.41, 5.74) is 1.19. The van der Waals surface area contributed by atoms with Crippen LogP contribution in [0.15, 0.2) is 36.5 Å². The molecule has 1 saturated carbocycles. The molecule has 0 spiro atoms. The Bertz CT molecular complexity index is 697. The molecular weight excluding hydrogens is 290 g/mol. The van der Waals surface area contributed by atoms with Gasteiger partial charge in [-0.15, -0.1) is 0 Å². The quantitative estimate of drug-likeness (QED) is 0.637. The number of amides is 2. The molecule has 120 valence electrons. The summed E-state index contributed by atoms with van der Waals surface area (Å²) in [6.45, 7) is 2.02. The van der Waals surface area contributed by atoms with Gasteiger partial charge in [-0.1, -0.05) is 42.7 Å². The van der Waals surface area contributed by atoms with Crippen LogP contribution in [-0.2, 0) is 15.3 Å². The van der Waals surface area contributed by atoms with Crippen LogP contribution in [0, 0.1) is 18.8 Å². The third kappa shape index (κ3) is 1.77. The summed E-state index contributed by atoms with van der Waals surface area (Å²) in [5, 5.41) is 1.28. The number of fused-ring (bicyclic) bond motifs is 3. The van der Waals surface area contributed by atoms with Crippen molar-refractivity contribution in [3.05, 3.63) is 47.7 Å². The molecule has 2 N–H and O–H groups in total. The molecule has 0 aromatic heterocycles. The highest BCUT2D eigenvalue weighted by molar-refractivity contribution is 5.94. The van der Waals surface area contributed by atoms with Crippen molar-refractivity contribution >= 4 is 11.8 Å². The molecule has 1 aliphatic carbocycles. The van der Waals surface area contributed by atoms with E-state index in [-0.39, 0.29) is 23.7 Å². The molecule has 2 heterocycles. The third-order valence-corrected chi connectivity index (χ3v) is 5.65. The lowest BCUT2D eigenvalue weighted by Crippen LogP contribution is -2.64. The SMILES string of the molecule is Cc1ccc([C@]23[C@@H]4CCCC[C@H]4C(=O)N2C=CC(=O)N3N)cc1. The van der Waals surface area contributed by atoms with Crippen molar-refractivity contribution in [3.8, 4) is 0 Å². The van der Waals surface area contributed by atoms with Gasteiger partial charge in [0.25, 0.3) is 5.91 Å². The van der Waals surface area contributed by atoms with Crippen molar-refractivity contribution in [1.82, 2.24) is 9.91 Å². The van der Waals surface area contributed by atoms with E-state index < -0.39 is 5.66 Å². The Labute approximate surface area is 135 Å². The van der Waals surface area contributed by atoms with E-state index in [1.807, 2.05) is 31.2 Å². The van der Waals surface area contributed by atoms with Crippen LogP contribution in [0.4, 0.5) is 0 Å². The molecule has 0 radical (unpaired) electrons. The number of benzene rings is 1. The van der Waals surface area contributed by atoms with Crippen molar-refractivity contribution < 1.29 is 9.59 Å². The molecular formula is C18H21N3O2. The average Bonchev–Trinajstić information content (AvgIpc) is 2.83. The predicted molar refractivity (Wildman–Crippen MR) is 85.3 cm³/mol. The first-order valence-electron chi connectivity index (χ1n) is 8.24. The third-order valence-electron chi connectivity index (χ3n) is 5.65. The van der Waals surface area contributed by atoms with E-state index in [0.29, 0.717) is 0 Å². The Kier molecular flexibility index (Phi) is 3.10. The molecule has 0 bridgehead atoms. The van der Waals surface area contributed by atoms with Crippen molar-refractivity contribution in [2.45, 2.75) is 38.3 Å². The van der Waals surface area contributed by atoms with Crippen LogP contribution in [0.2, 0.25) is 0 Å². The normalized spacial score (nSPS) is 33.0. The van der Waals surface area contributed by atoms with Gasteiger partial charge in [-0.3, -0.25) is 14.5 Å². The second-order valence-corrected chi connectivity index (χ2v) is 6.82. The maximum Gasteiger partial charge on any atom is 0.264 e. The van der Waals surface area contributed by atoms with Crippen LogP contribution in [0.5, 0.6) is 0 Å². The lowest BCUT2D eigenvalue weighted by atomic mass is 9.72. The number of aryl methyl sites for hydroxylation is 1. The largest absolute Gasteiger partial charge is 0.289 e. The summed E-state index contributed by atoms with van der Waals surface area (Å²) >= 11 is 0. The van der Waals surface area contributed by atoms with Gasteiger partial charge in [-0.2, -0.15) is 0 Å². The number of hydrogen-bond donors (Lipinski definition) is 1. The molecule has 4 rings (SSSR count). The lowest BCUT2D eigenvalue weighted by molar-refractivity contribution is -0.152. The number of rotatable bonds is 1. The number of hydrogen-bond acceptors (Lipinski definition) is 3. The van der Waals surface area contributed by atoms with E-state index in [1.165, 1.54) is 11.1 Å². The van der Waals surface area contributed by atoms with Gasteiger partial charge in [0.2, 0.25) is 5.91 Å². The van der Waals surface area contributed by atoms with E-state index in [2.05, 4.69) is 0 Å². The van der Waals surface area contributed by atoms with E-state index >= 15 is 0 Å². The van der Waals surface area contributed by atoms with Gasteiger partial charge in [0.1, 0.15) is 0 Å². The minimum Gasteiger partial charge on any atom is -0.289 e. The summed E-state index contributed by atoms with van der Waals surface area (Å²) in [6.07, 6.45) is 6.95. The maximum absolute atomic E-state index is 13.0. The lowest BCUT2D eigenvalue weighted by Gasteiger charge is -2.49. The molecule has 2 fully saturated rings. The fourth-order valence-electron chi connectivity index (χ4n) is 4.59. The van der Waals surface area contributed by atoms with Crippen LogP contribution in [0.1, 0.15) is 36.8 Å². The zero-order valence-corrected chi connectivity index (χ0v) is 13.2. The maximum atomic E-state index is 13.0. The van der Waals surface area contributed by atoms with E-state index in [1.54, 1.807) is 11.1 Å². The molecule has 5 heteroatoms. The van der Waals surface area contributed by atoms with Crippen molar-refractivity contribution in [2.24, 2.45) is 17.7 Å². The van der Waals surface area contributed by atoms with Crippen molar-refractivity contribution in [2.75, 3.05) is 0 Å². The van der Waals surface area contributed by atoms with Gasteiger partial charge >= 0.3 is 0 Å². The topological polar surface area (TPSA) is 66.6 Å². The molecule has 23 heavy (non-hydrogen) atoms. The van der Waals surface area contributed by atoms with Crippen LogP contribution >= 0.6 is 0 Å². The fraction of sp³-hybridized carbons (Fsp3) is 0.444. The van der Waals surface area contributed by atoms with Crippen LogP contribution in [0.3, 0.4) is 0 Å². The van der Waals surface area contributed by atoms with Crippen molar-refractivity contribution in [3.63, 3.8) is 0 Å². The van der Waals surface area contributed by atoms with Gasteiger partial charge in [0.05, 0.1) is 0 Å². The summed E-state index contributed by atoms with van der Waals surface area (Å²) in [7, 11) is 0. The Morgan fingerprint density at radius 3 is 2.57 bits per heavy atom. The molecule has 3 atom stereocenters. The molecule has 3 aliphatic rings. The molecule has 2 aliphatic heterocycles. The van der Waals surface area contributed by atoms with Crippen LogP contribution in [0.25, 0.3) is 0 Å². The van der Waals surface area contributed by atoms with Crippen LogP contribution in [-0.4, -0.2) is 21.7 Å². The molecule has 1 aromatic rings. The first-order chi connectivity index (χ1) is 11.1. The molecule has 2 amide bonds. The number of hydrazine groups is 1. The Morgan fingerprint density at radius 1 is 1.13 bits per heavy atom. The van der Waals surface area contributed by atoms with Crippen LogP contribution < -0.4 is 5.84 Å². The Balaban J connectivity index is 1.95. The van der Waals surface area contributed by atoms with Gasteiger partial charge < -0.3 is 0 Å². The van der Waals surface area contributed by atoms with E-state index in [9.17, 15) is 9.59 Å². The highest BCUT2D eigenvalue weighted by atomic mass is 16.2. The average molecular weight is 311 g/mol. The number of carbonyl (C=O) groups is 2. The second-order valence-electron chi connectivity index (χ2n) is 6.82. The monoisotopic (exact) mass is 311 g/mol. The highest BCUT2D eigenvalue weighted by Gasteiger charge is 2.63. The summed E-state index contributed by atoms with van der Waals surface area (Å²) in [4.78, 5) is 27.0. The van der Waals surface area contributed by atoms with Crippen molar-refractivity contribution in [1.29, 1.82) is 0 Å². The smallest absolute Gasteiger partial charge is 0.264 e. The second kappa shape index (κ2) is 4.93. The minimum atomic E-state index is -0.873. The standard InChI is InChI=1S/C18H21N3O2/c1-12-6-8-13(9-7-12)18-15-5-3-2-4-14(15)17(23)20(18)11-10-16(22)21(18)19/h6-11,14-15H,2-5,19H2,1H3/t14-,15-,18+/m1/s1. The molecule has 1 aromatic carbocycles. The predicted octanol–water partition coefficient (Wildman–Crippen LogP) is 2.03. The number of carbonyl (C=O) groups excluding carboxylic acids is 2. The van der Waals surface area contributed by atoms with Gasteiger partial charge in [-0.05, 0) is 19.8 Å². The fourth-order valence-corrected chi connectivity index (χ4v) is 4.59. The summed E-state index contributed by atoms with van der Waals surface area (Å²) < 4.78 is 0. The first kappa shape index (κ1) is 14.5.